The predicted octanol–water partition coefficient (Wildman–Crippen LogP) is 1.45. The van der Waals surface area contributed by atoms with E-state index >= 15 is 0 Å². The van der Waals surface area contributed by atoms with Gasteiger partial charge in [-0.3, -0.25) is 14.7 Å². The number of pyridine rings is 2. The molecular weight excluding hydrogens is 456 g/mol. The average Bonchev–Trinajstić information content (AvgIpc) is 3.27. The number of hydrogen-bond donors (Lipinski definition) is 2. The zero-order chi connectivity index (χ0) is 24.4. The number of aliphatic hydroxyl groups excluding tert-OH is 1. The van der Waals surface area contributed by atoms with Gasteiger partial charge in [0.05, 0.1) is 36.9 Å². The Kier molecular flexibility index (Phi) is 6.23. The summed E-state index contributed by atoms with van der Waals surface area (Å²) >= 11 is 0. The number of rotatable bonds is 7. The number of ether oxygens (including phenoxy) is 4. The number of methoxy groups -OCH3 is 1. The lowest BCUT2D eigenvalue weighted by atomic mass is 10.1. The molecule has 1 fully saturated rings. The van der Waals surface area contributed by atoms with Gasteiger partial charge in [0.25, 0.3) is 0 Å². The van der Waals surface area contributed by atoms with Crippen LogP contribution in [0.15, 0.2) is 42.6 Å². The van der Waals surface area contributed by atoms with E-state index in [0.717, 1.165) is 0 Å². The molecule has 182 valence electrons. The second kappa shape index (κ2) is 9.63. The van der Waals surface area contributed by atoms with Crippen LogP contribution in [0.3, 0.4) is 0 Å². The predicted molar refractivity (Wildman–Crippen MR) is 124 cm³/mol. The van der Waals surface area contributed by atoms with E-state index in [1.807, 2.05) is 0 Å². The Morgan fingerprint density at radius 3 is 2.89 bits per heavy atom. The molecule has 11 heteroatoms. The Balaban J connectivity index is 1.18. The summed E-state index contributed by atoms with van der Waals surface area (Å²) in [6.07, 6.45) is -0.774. The second-order valence-electron chi connectivity index (χ2n) is 8.10. The standard InChI is InChI=1S/C24H24N4O7/c1-32-21-5-3-17-22(27-21)14(6-7-25-17)10-18(29)23(30)26-12-16-13-28(24(31)35-16)15-2-4-19-20(11-15)34-9-8-33-19/h2-7,11,16,18,29H,8-10,12-13H2,1H3,(H,26,30)/t16-,18-/m1/s1. The molecule has 2 aromatic heterocycles. The van der Waals surface area contributed by atoms with Crippen molar-refractivity contribution in [2.24, 2.45) is 0 Å². The van der Waals surface area contributed by atoms with Crippen molar-refractivity contribution in [3.63, 3.8) is 0 Å². The van der Waals surface area contributed by atoms with Crippen LogP contribution < -0.4 is 24.4 Å². The molecule has 2 aliphatic heterocycles. The quantitative estimate of drug-likeness (QED) is 0.516. The normalized spacial score (nSPS) is 17.7. The molecule has 0 unspecified atom stereocenters. The molecule has 2 N–H and O–H groups in total. The largest absolute Gasteiger partial charge is 0.486 e. The Hall–Kier alpha value is -4.12. The fourth-order valence-corrected chi connectivity index (χ4v) is 4.01. The molecule has 35 heavy (non-hydrogen) atoms. The first kappa shape index (κ1) is 22.7. The van der Waals surface area contributed by atoms with Gasteiger partial charge in [-0.15, -0.1) is 0 Å². The summed E-state index contributed by atoms with van der Waals surface area (Å²) in [7, 11) is 1.51. The molecule has 2 aliphatic rings. The molecule has 0 saturated carbocycles. The number of cyclic esters (lactones) is 1. The lowest BCUT2D eigenvalue weighted by Crippen LogP contribution is -2.41. The Morgan fingerprint density at radius 2 is 2.06 bits per heavy atom. The Morgan fingerprint density at radius 1 is 1.23 bits per heavy atom. The molecular formula is C24H24N4O7. The lowest BCUT2D eigenvalue weighted by molar-refractivity contribution is -0.129. The highest BCUT2D eigenvalue weighted by molar-refractivity contribution is 5.90. The van der Waals surface area contributed by atoms with Crippen LogP contribution >= 0.6 is 0 Å². The number of carbonyl (C=O) groups is 2. The maximum atomic E-state index is 12.6. The summed E-state index contributed by atoms with van der Waals surface area (Å²) in [5, 5.41) is 13.1. The molecule has 3 aromatic rings. The van der Waals surface area contributed by atoms with Crippen LogP contribution in [0.1, 0.15) is 5.56 Å². The highest BCUT2D eigenvalue weighted by Gasteiger charge is 2.33. The zero-order valence-corrected chi connectivity index (χ0v) is 19.0. The third-order valence-electron chi connectivity index (χ3n) is 5.78. The first-order chi connectivity index (χ1) is 17.0. The molecule has 2 atom stereocenters. The van der Waals surface area contributed by atoms with Crippen molar-refractivity contribution in [3.05, 3.63) is 48.2 Å². The SMILES string of the molecule is COc1ccc2nccc(C[C@@H](O)C(=O)NC[C@@H]3CN(c4ccc5c(c4)OCCO5)C(=O)O3)c2n1. The van der Waals surface area contributed by atoms with Crippen molar-refractivity contribution in [2.45, 2.75) is 18.6 Å². The number of amides is 2. The van der Waals surface area contributed by atoms with E-state index in [-0.39, 0.29) is 19.5 Å². The average molecular weight is 480 g/mol. The molecule has 0 bridgehead atoms. The van der Waals surface area contributed by atoms with Crippen LogP contribution in [0, 0.1) is 0 Å². The minimum absolute atomic E-state index is 0.0405. The first-order valence-electron chi connectivity index (χ1n) is 11.1. The van der Waals surface area contributed by atoms with E-state index in [4.69, 9.17) is 18.9 Å². The number of aliphatic hydroxyl groups is 1. The van der Waals surface area contributed by atoms with Crippen molar-refractivity contribution in [1.82, 2.24) is 15.3 Å². The summed E-state index contributed by atoms with van der Waals surface area (Å²) in [6.45, 7) is 1.23. The number of hydrogen-bond acceptors (Lipinski definition) is 9. The topological polar surface area (TPSA) is 132 Å². The number of aromatic nitrogens is 2. The van der Waals surface area contributed by atoms with Crippen LogP contribution in [-0.4, -0.2) is 72.7 Å². The molecule has 0 spiro atoms. The number of nitrogens with one attached hydrogen (secondary N) is 1. The van der Waals surface area contributed by atoms with E-state index in [1.54, 1.807) is 42.6 Å². The molecule has 1 aromatic carbocycles. The third kappa shape index (κ3) is 4.76. The van der Waals surface area contributed by atoms with Crippen molar-refractivity contribution < 1.29 is 33.6 Å². The maximum absolute atomic E-state index is 12.6. The highest BCUT2D eigenvalue weighted by atomic mass is 16.6. The van der Waals surface area contributed by atoms with E-state index in [9.17, 15) is 14.7 Å². The van der Waals surface area contributed by atoms with Gasteiger partial charge in [0, 0.05) is 24.8 Å². The third-order valence-corrected chi connectivity index (χ3v) is 5.78. The van der Waals surface area contributed by atoms with E-state index in [0.29, 0.717) is 52.9 Å². The lowest BCUT2D eigenvalue weighted by Gasteiger charge is -2.21. The maximum Gasteiger partial charge on any atom is 0.414 e. The van der Waals surface area contributed by atoms with Gasteiger partial charge in [-0.25, -0.2) is 9.78 Å². The highest BCUT2D eigenvalue weighted by Crippen LogP contribution is 2.35. The van der Waals surface area contributed by atoms with Gasteiger partial charge in [0.2, 0.25) is 11.8 Å². The zero-order valence-electron chi connectivity index (χ0n) is 19.0. The second-order valence-corrected chi connectivity index (χ2v) is 8.10. The van der Waals surface area contributed by atoms with Gasteiger partial charge in [0.1, 0.15) is 25.4 Å². The summed E-state index contributed by atoms with van der Waals surface area (Å²) in [4.78, 5) is 35.0. The summed E-state index contributed by atoms with van der Waals surface area (Å²) < 4.78 is 21.6. The van der Waals surface area contributed by atoms with Gasteiger partial charge in [-0.05, 0) is 29.8 Å². The first-order valence-corrected chi connectivity index (χ1v) is 11.1. The van der Waals surface area contributed by atoms with Crippen molar-refractivity contribution in [1.29, 1.82) is 0 Å². The minimum atomic E-state index is -1.32. The van der Waals surface area contributed by atoms with Crippen LogP contribution in [0.25, 0.3) is 11.0 Å². The number of carbonyl (C=O) groups excluding carboxylic acids is 2. The van der Waals surface area contributed by atoms with Crippen molar-refractivity contribution >= 4 is 28.7 Å². The number of fused-ring (bicyclic) bond motifs is 2. The van der Waals surface area contributed by atoms with E-state index in [1.165, 1.54) is 12.0 Å². The van der Waals surface area contributed by atoms with Gasteiger partial charge in [0.15, 0.2) is 11.5 Å². The molecule has 1 saturated heterocycles. The molecule has 11 nitrogen and oxygen atoms in total. The van der Waals surface area contributed by atoms with Gasteiger partial charge in [-0.2, -0.15) is 0 Å². The number of anilines is 1. The molecule has 0 aliphatic carbocycles. The minimum Gasteiger partial charge on any atom is -0.486 e. The van der Waals surface area contributed by atoms with Crippen molar-refractivity contribution in [3.8, 4) is 17.4 Å². The van der Waals surface area contributed by atoms with E-state index < -0.39 is 24.2 Å². The summed E-state index contributed by atoms with van der Waals surface area (Å²) in [5.41, 5.74) is 2.46. The van der Waals surface area contributed by atoms with Gasteiger partial charge in [-0.1, -0.05) is 0 Å². The molecule has 0 radical (unpaired) electrons. The summed E-state index contributed by atoms with van der Waals surface area (Å²) in [6, 6.07) is 10.4. The smallest absolute Gasteiger partial charge is 0.414 e. The van der Waals surface area contributed by atoms with Crippen LogP contribution in [0.5, 0.6) is 17.4 Å². The van der Waals surface area contributed by atoms with Crippen molar-refractivity contribution in [2.75, 3.05) is 38.3 Å². The van der Waals surface area contributed by atoms with Gasteiger partial charge < -0.3 is 29.4 Å². The van der Waals surface area contributed by atoms with Crippen LogP contribution in [0.4, 0.5) is 10.5 Å². The monoisotopic (exact) mass is 480 g/mol. The van der Waals surface area contributed by atoms with E-state index in [2.05, 4.69) is 15.3 Å². The summed E-state index contributed by atoms with van der Waals surface area (Å²) in [5.74, 6) is 1.03. The Bertz CT molecular complexity index is 1270. The van der Waals surface area contributed by atoms with Gasteiger partial charge >= 0.3 is 6.09 Å². The molecule has 2 amide bonds. The number of nitrogens with zero attached hydrogens (tertiary/aromatic N) is 3. The Labute approximate surface area is 200 Å². The fraction of sp³-hybridized carbons (Fsp3) is 0.333. The molecule has 5 rings (SSSR count). The number of benzene rings is 1. The molecule has 4 heterocycles. The van der Waals surface area contributed by atoms with Crippen LogP contribution in [-0.2, 0) is 16.0 Å². The fourth-order valence-electron chi connectivity index (χ4n) is 4.01. The van der Waals surface area contributed by atoms with Crippen LogP contribution in [0.2, 0.25) is 0 Å².